The van der Waals surface area contributed by atoms with Crippen LogP contribution in [0, 0.1) is 6.92 Å². The zero-order valence-electron chi connectivity index (χ0n) is 18.4. The van der Waals surface area contributed by atoms with E-state index < -0.39 is 5.97 Å². The number of benzene rings is 1. The normalized spacial score (nSPS) is 10.8. The highest BCUT2D eigenvalue weighted by Gasteiger charge is 2.12. The number of hydrogen-bond donors (Lipinski definition) is 2. The molecule has 8 heteroatoms. The molecule has 0 unspecified atom stereocenters. The van der Waals surface area contributed by atoms with Gasteiger partial charge in [-0.15, -0.1) is 22.7 Å². The minimum absolute atomic E-state index is 0.247. The lowest BCUT2D eigenvalue weighted by Crippen LogP contribution is -2.24. The number of aryl methyl sites for hydroxylation is 2. The van der Waals surface area contributed by atoms with Crippen LogP contribution < -0.4 is 15.7 Å². The first-order chi connectivity index (χ1) is 15.4. The number of carbonyl (C=O) groups excluding carboxylic acids is 2. The summed E-state index contributed by atoms with van der Waals surface area (Å²) in [5.41, 5.74) is 4.09. The summed E-state index contributed by atoms with van der Waals surface area (Å²) < 4.78 is 0. The molecule has 0 aliphatic heterocycles. The monoisotopic (exact) mass is 470 g/mol. The predicted molar refractivity (Wildman–Crippen MR) is 129 cm³/mol. The number of nitrogens with one attached hydrogen (secondary N) is 2. The van der Waals surface area contributed by atoms with Crippen LogP contribution in [0.3, 0.4) is 0 Å². The SMILES string of the molecule is CCCCCCc1ccc(C)cc1NCc1ccc(C(=O)Nc2nc(CC(=O)[O-])cs2)s1. The molecule has 1 aromatic carbocycles. The smallest absolute Gasteiger partial charge is 0.267 e. The van der Waals surface area contributed by atoms with Crippen molar-refractivity contribution in [3.63, 3.8) is 0 Å². The van der Waals surface area contributed by atoms with Crippen molar-refractivity contribution in [2.45, 2.75) is 58.9 Å². The second-order valence-electron chi connectivity index (χ2n) is 7.74. The summed E-state index contributed by atoms with van der Waals surface area (Å²) in [5.74, 6) is -1.44. The van der Waals surface area contributed by atoms with Crippen molar-refractivity contribution in [2.75, 3.05) is 10.6 Å². The highest BCUT2D eigenvalue weighted by atomic mass is 32.1. The molecule has 0 fully saturated rings. The first-order valence-electron chi connectivity index (χ1n) is 10.8. The molecule has 170 valence electrons. The van der Waals surface area contributed by atoms with Gasteiger partial charge in [0, 0.05) is 34.9 Å². The Bertz CT molecular complexity index is 1060. The summed E-state index contributed by atoms with van der Waals surface area (Å²) in [6, 6.07) is 10.3. The van der Waals surface area contributed by atoms with Crippen molar-refractivity contribution in [2.24, 2.45) is 0 Å². The van der Waals surface area contributed by atoms with Gasteiger partial charge in [-0.1, -0.05) is 38.3 Å². The second kappa shape index (κ2) is 11.8. The molecule has 0 spiro atoms. The molecule has 0 aliphatic rings. The molecule has 2 N–H and O–H groups in total. The lowest BCUT2D eigenvalue weighted by atomic mass is 10.0. The maximum Gasteiger partial charge on any atom is 0.267 e. The zero-order valence-corrected chi connectivity index (χ0v) is 20.0. The van der Waals surface area contributed by atoms with Crippen molar-refractivity contribution in [1.29, 1.82) is 0 Å². The predicted octanol–water partition coefficient (Wildman–Crippen LogP) is 4.79. The molecule has 0 aliphatic carbocycles. The summed E-state index contributed by atoms with van der Waals surface area (Å²) >= 11 is 2.63. The Balaban J connectivity index is 1.57. The molecule has 32 heavy (non-hydrogen) atoms. The molecule has 2 aromatic heterocycles. The topological polar surface area (TPSA) is 94.2 Å². The summed E-state index contributed by atoms with van der Waals surface area (Å²) in [5, 5.41) is 18.9. The number of hydrogen-bond acceptors (Lipinski definition) is 7. The average molecular weight is 471 g/mol. The number of thiazole rings is 1. The van der Waals surface area contributed by atoms with Gasteiger partial charge in [0.15, 0.2) is 5.13 Å². The van der Waals surface area contributed by atoms with Gasteiger partial charge in [-0.05, 0) is 49.1 Å². The zero-order chi connectivity index (χ0) is 22.9. The van der Waals surface area contributed by atoms with Crippen molar-refractivity contribution >= 4 is 45.4 Å². The maximum atomic E-state index is 12.5. The van der Waals surface area contributed by atoms with Gasteiger partial charge >= 0.3 is 0 Å². The summed E-state index contributed by atoms with van der Waals surface area (Å²) in [4.78, 5) is 28.9. The maximum absolute atomic E-state index is 12.5. The van der Waals surface area contributed by atoms with Crippen molar-refractivity contribution in [3.8, 4) is 0 Å². The molecule has 6 nitrogen and oxygen atoms in total. The van der Waals surface area contributed by atoms with E-state index in [1.54, 1.807) is 11.4 Å². The number of carbonyl (C=O) groups is 2. The van der Waals surface area contributed by atoms with E-state index in [0.29, 0.717) is 22.2 Å². The number of rotatable bonds is 12. The van der Waals surface area contributed by atoms with E-state index in [2.05, 4.69) is 47.7 Å². The van der Waals surface area contributed by atoms with E-state index in [4.69, 9.17) is 0 Å². The fourth-order valence-corrected chi connectivity index (χ4v) is 4.89. The van der Waals surface area contributed by atoms with Crippen molar-refractivity contribution < 1.29 is 14.7 Å². The van der Waals surface area contributed by atoms with E-state index >= 15 is 0 Å². The first-order valence-corrected chi connectivity index (χ1v) is 12.5. The Morgan fingerprint density at radius 3 is 2.75 bits per heavy atom. The van der Waals surface area contributed by atoms with E-state index in [1.165, 1.54) is 59.5 Å². The van der Waals surface area contributed by atoms with Crippen LogP contribution in [-0.4, -0.2) is 16.9 Å². The highest BCUT2D eigenvalue weighted by molar-refractivity contribution is 7.15. The largest absolute Gasteiger partial charge is 0.550 e. The number of thiophene rings is 1. The minimum Gasteiger partial charge on any atom is -0.550 e. The molecular formula is C24H28N3O3S2-. The van der Waals surface area contributed by atoms with Crippen LogP contribution >= 0.6 is 22.7 Å². The molecule has 2 heterocycles. The summed E-state index contributed by atoms with van der Waals surface area (Å²) in [6.45, 7) is 4.97. The van der Waals surface area contributed by atoms with Crippen LogP contribution in [0.4, 0.5) is 10.8 Å². The first kappa shape index (κ1) is 23.9. The van der Waals surface area contributed by atoms with Crippen LogP contribution in [0.5, 0.6) is 0 Å². The number of aliphatic carboxylic acids is 1. The Labute approximate surface area is 196 Å². The van der Waals surface area contributed by atoms with Gasteiger partial charge in [-0.2, -0.15) is 0 Å². The van der Waals surface area contributed by atoms with Crippen LogP contribution in [-0.2, 0) is 24.2 Å². The van der Waals surface area contributed by atoms with Crippen LogP contribution in [0.15, 0.2) is 35.7 Å². The number of carboxylic acids is 1. The lowest BCUT2D eigenvalue weighted by molar-refractivity contribution is -0.304. The van der Waals surface area contributed by atoms with E-state index in [1.807, 2.05) is 6.07 Å². The molecule has 3 rings (SSSR count). The fourth-order valence-electron chi connectivity index (χ4n) is 3.34. The molecule has 0 bridgehead atoms. The number of anilines is 2. The van der Waals surface area contributed by atoms with Gasteiger partial charge in [0.2, 0.25) is 0 Å². The number of amides is 1. The van der Waals surface area contributed by atoms with Crippen LogP contribution in [0.25, 0.3) is 0 Å². The minimum atomic E-state index is -1.19. The van der Waals surface area contributed by atoms with E-state index in [0.717, 1.165) is 17.0 Å². The molecule has 0 atom stereocenters. The van der Waals surface area contributed by atoms with Gasteiger partial charge in [0.05, 0.1) is 10.6 Å². The van der Waals surface area contributed by atoms with Crippen LogP contribution in [0.2, 0.25) is 0 Å². The van der Waals surface area contributed by atoms with Gasteiger partial charge in [-0.25, -0.2) is 4.98 Å². The summed E-state index contributed by atoms with van der Waals surface area (Å²) in [7, 11) is 0. The number of nitrogens with zero attached hydrogens (tertiary/aromatic N) is 1. The Morgan fingerprint density at radius 1 is 1.12 bits per heavy atom. The molecule has 0 saturated heterocycles. The summed E-state index contributed by atoms with van der Waals surface area (Å²) in [6.07, 6.45) is 5.75. The molecular weight excluding hydrogens is 442 g/mol. The highest BCUT2D eigenvalue weighted by Crippen LogP contribution is 2.24. The number of carboxylic acid groups (broad SMARTS) is 1. The van der Waals surface area contributed by atoms with Gasteiger partial charge in [-0.3, -0.25) is 10.1 Å². The number of aromatic nitrogens is 1. The average Bonchev–Trinajstić information content (AvgIpc) is 3.40. The standard InChI is InChI=1S/C24H29N3O3S2/c1-3-4-5-6-7-17-9-8-16(2)12-20(17)25-14-19-10-11-21(32-19)23(30)27-24-26-18(15-31-24)13-22(28)29/h8-12,15,25H,3-7,13-14H2,1-2H3,(H,28,29)(H,26,27,30)/p-1. The molecule has 0 saturated carbocycles. The second-order valence-corrected chi connectivity index (χ2v) is 9.76. The van der Waals surface area contributed by atoms with Gasteiger partial charge in [0.1, 0.15) is 0 Å². The Morgan fingerprint density at radius 2 is 1.97 bits per heavy atom. The molecule has 1 amide bonds. The Kier molecular flexibility index (Phi) is 8.81. The molecule has 3 aromatic rings. The molecule has 0 radical (unpaired) electrons. The van der Waals surface area contributed by atoms with Gasteiger partial charge in [0.25, 0.3) is 5.91 Å². The number of unbranched alkanes of at least 4 members (excludes halogenated alkanes) is 3. The van der Waals surface area contributed by atoms with E-state index in [9.17, 15) is 14.7 Å². The van der Waals surface area contributed by atoms with E-state index in [-0.39, 0.29) is 12.3 Å². The van der Waals surface area contributed by atoms with Crippen LogP contribution in [0.1, 0.15) is 64.0 Å². The van der Waals surface area contributed by atoms with Crippen molar-refractivity contribution in [1.82, 2.24) is 4.98 Å². The van der Waals surface area contributed by atoms with Gasteiger partial charge < -0.3 is 15.2 Å². The Hall–Kier alpha value is -2.71. The lowest BCUT2D eigenvalue weighted by Gasteiger charge is -2.13. The third-order valence-electron chi connectivity index (χ3n) is 5.00. The quantitative estimate of drug-likeness (QED) is 0.371. The third-order valence-corrected chi connectivity index (χ3v) is 6.89. The van der Waals surface area contributed by atoms with Crippen molar-refractivity contribution in [3.05, 3.63) is 62.3 Å². The third kappa shape index (κ3) is 7.17. The fraction of sp³-hybridized carbons (Fsp3) is 0.375.